The Labute approximate surface area is 250 Å². The number of benzene rings is 3. The van der Waals surface area contributed by atoms with E-state index in [4.69, 9.17) is 23.9 Å². The van der Waals surface area contributed by atoms with Gasteiger partial charge in [-0.15, -0.1) is 11.3 Å². The Morgan fingerprint density at radius 3 is 2.62 bits per heavy atom. The molecule has 0 radical (unpaired) electrons. The average Bonchev–Trinajstić information content (AvgIpc) is 3.60. The number of aryl methyl sites for hydroxylation is 1. The van der Waals surface area contributed by atoms with Crippen molar-refractivity contribution in [1.82, 2.24) is 0 Å². The number of ether oxygens (including phenoxy) is 4. The third kappa shape index (κ3) is 6.44. The highest BCUT2D eigenvalue weighted by atomic mass is 32.1. The Bertz CT molecular complexity index is 1580. The fraction of sp³-hybridized carbons (Fsp3) is 0.294. The molecule has 7 nitrogen and oxygen atoms in total. The van der Waals surface area contributed by atoms with E-state index in [1.807, 2.05) is 79.9 Å². The average molecular weight is 583 g/mol. The first-order chi connectivity index (χ1) is 20.7. The third-order valence-corrected chi connectivity index (χ3v) is 8.54. The van der Waals surface area contributed by atoms with Crippen LogP contribution in [0.25, 0.3) is 0 Å². The van der Waals surface area contributed by atoms with Crippen LogP contribution in [0, 0.1) is 0 Å². The maximum absolute atomic E-state index is 13.6. The van der Waals surface area contributed by atoms with Gasteiger partial charge in [0.2, 0.25) is 6.79 Å². The van der Waals surface area contributed by atoms with E-state index in [9.17, 15) is 4.79 Å². The first-order valence-corrected chi connectivity index (χ1v) is 15.3. The van der Waals surface area contributed by atoms with Crippen molar-refractivity contribution in [1.29, 1.82) is 0 Å². The van der Waals surface area contributed by atoms with Crippen molar-refractivity contribution in [3.05, 3.63) is 93.9 Å². The zero-order chi connectivity index (χ0) is 28.7. The summed E-state index contributed by atoms with van der Waals surface area (Å²) in [4.78, 5) is 19.7. The number of hydrogen-bond donors (Lipinski definition) is 1. The molecule has 0 saturated carbocycles. The number of rotatable bonds is 9. The summed E-state index contributed by atoms with van der Waals surface area (Å²) in [7, 11) is 0. The van der Waals surface area contributed by atoms with E-state index in [2.05, 4.69) is 5.32 Å². The highest BCUT2D eigenvalue weighted by Gasteiger charge is 2.24. The molecule has 0 spiro atoms. The minimum atomic E-state index is -0.103. The molecule has 6 rings (SSSR count). The summed E-state index contributed by atoms with van der Waals surface area (Å²) >= 11 is 1.64. The van der Waals surface area contributed by atoms with Crippen LogP contribution in [0.2, 0.25) is 0 Å². The molecule has 1 amide bonds. The highest BCUT2D eigenvalue weighted by molar-refractivity contribution is 7.16. The smallest absolute Gasteiger partial charge is 0.259 e. The van der Waals surface area contributed by atoms with Crippen LogP contribution >= 0.6 is 11.3 Å². The molecule has 3 aromatic carbocycles. The van der Waals surface area contributed by atoms with Crippen LogP contribution in [0.15, 0.2) is 71.7 Å². The highest BCUT2D eigenvalue weighted by Crippen LogP contribution is 2.40. The van der Waals surface area contributed by atoms with Gasteiger partial charge in [0.25, 0.3) is 5.91 Å². The maximum Gasteiger partial charge on any atom is 0.259 e. The largest absolute Gasteiger partial charge is 0.490 e. The fourth-order valence-electron chi connectivity index (χ4n) is 5.26. The maximum atomic E-state index is 13.6. The molecular formula is C34H34N2O5S. The van der Waals surface area contributed by atoms with Crippen LogP contribution in [0.5, 0.6) is 23.0 Å². The summed E-state index contributed by atoms with van der Waals surface area (Å²) in [6, 6.07) is 21.2. The van der Waals surface area contributed by atoms with Crippen molar-refractivity contribution < 1.29 is 23.7 Å². The number of hydrogen-bond acceptors (Lipinski definition) is 7. The minimum Gasteiger partial charge on any atom is -0.490 e. The van der Waals surface area contributed by atoms with Crippen molar-refractivity contribution in [3.63, 3.8) is 0 Å². The summed E-state index contributed by atoms with van der Waals surface area (Å²) in [5.74, 6) is 2.66. The normalized spacial score (nSPS) is 14.2. The SMILES string of the molecule is CCOc1cc(C=Nc2sc3c(c2C(=O)Nc2ccccc2)CCCCCC3)ccc1OCc1ccc2c(c1)OCO2. The predicted molar refractivity (Wildman–Crippen MR) is 166 cm³/mol. The van der Waals surface area contributed by atoms with E-state index in [1.165, 1.54) is 17.7 Å². The predicted octanol–water partition coefficient (Wildman–Crippen LogP) is 8.12. The molecule has 1 aromatic heterocycles. The van der Waals surface area contributed by atoms with Gasteiger partial charge in [-0.1, -0.05) is 37.1 Å². The zero-order valence-electron chi connectivity index (χ0n) is 23.7. The molecule has 2 heterocycles. The summed E-state index contributed by atoms with van der Waals surface area (Å²) in [5, 5.41) is 3.83. The second-order valence-electron chi connectivity index (χ2n) is 10.3. The number of para-hydroxylation sites is 1. The molecule has 2 aliphatic rings. The third-order valence-electron chi connectivity index (χ3n) is 7.34. The van der Waals surface area contributed by atoms with Crippen molar-refractivity contribution in [3.8, 4) is 23.0 Å². The molecule has 1 N–H and O–H groups in total. The van der Waals surface area contributed by atoms with Crippen molar-refractivity contribution in [2.45, 2.75) is 52.1 Å². The molecule has 42 heavy (non-hydrogen) atoms. The quantitative estimate of drug-likeness (QED) is 0.202. The number of aliphatic imine (C=N–C) groups is 1. The Morgan fingerprint density at radius 2 is 1.76 bits per heavy atom. The van der Waals surface area contributed by atoms with Gasteiger partial charge in [0.05, 0.1) is 12.2 Å². The molecule has 0 saturated heterocycles. The van der Waals surface area contributed by atoms with Gasteiger partial charge >= 0.3 is 0 Å². The van der Waals surface area contributed by atoms with Gasteiger partial charge in [-0.3, -0.25) is 4.79 Å². The van der Waals surface area contributed by atoms with Gasteiger partial charge in [0, 0.05) is 16.8 Å². The van der Waals surface area contributed by atoms with E-state index in [0.29, 0.717) is 30.3 Å². The van der Waals surface area contributed by atoms with Gasteiger partial charge in [0.1, 0.15) is 11.6 Å². The lowest BCUT2D eigenvalue weighted by atomic mass is 9.96. The van der Waals surface area contributed by atoms with Gasteiger partial charge in [-0.25, -0.2) is 4.99 Å². The number of fused-ring (bicyclic) bond motifs is 2. The number of nitrogens with zero attached hydrogens (tertiary/aromatic N) is 1. The monoisotopic (exact) mass is 582 g/mol. The molecule has 1 aliphatic heterocycles. The first-order valence-electron chi connectivity index (χ1n) is 14.5. The summed E-state index contributed by atoms with van der Waals surface area (Å²) < 4.78 is 22.9. The van der Waals surface area contributed by atoms with Crippen LogP contribution < -0.4 is 24.3 Å². The Hall–Kier alpha value is -4.30. The fourth-order valence-corrected chi connectivity index (χ4v) is 6.49. The first kappa shape index (κ1) is 27.8. The topological polar surface area (TPSA) is 78.4 Å². The van der Waals surface area contributed by atoms with E-state index < -0.39 is 0 Å². The lowest BCUT2D eigenvalue weighted by molar-refractivity contribution is 0.102. The van der Waals surface area contributed by atoms with Gasteiger partial charge in [-0.05, 0) is 91.8 Å². The number of carbonyl (C=O) groups is 1. The van der Waals surface area contributed by atoms with Crippen molar-refractivity contribution >= 4 is 34.1 Å². The molecule has 1 aliphatic carbocycles. The number of amides is 1. The van der Waals surface area contributed by atoms with Gasteiger partial charge in [0.15, 0.2) is 23.0 Å². The molecule has 216 valence electrons. The van der Waals surface area contributed by atoms with Crippen LogP contribution in [-0.2, 0) is 19.4 Å². The zero-order valence-corrected chi connectivity index (χ0v) is 24.5. The Morgan fingerprint density at radius 1 is 0.929 bits per heavy atom. The van der Waals surface area contributed by atoms with Crippen molar-refractivity contribution in [2.24, 2.45) is 4.99 Å². The van der Waals surface area contributed by atoms with Crippen LogP contribution in [-0.4, -0.2) is 25.5 Å². The van der Waals surface area contributed by atoms with Gasteiger partial charge < -0.3 is 24.3 Å². The lowest BCUT2D eigenvalue weighted by Gasteiger charge is -2.13. The number of nitrogens with one attached hydrogen (secondary N) is 1. The Kier molecular flexibility index (Phi) is 8.70. The summed E-state index contributed by atoms with van der Waals surface area (Å²) in [5.41, 5.74) is 4.47. The second-order valence-corrected chi connectivity index (χ2v) is 11.4. The number of anilines is 1. The molecule has 0 unspecified atom stereocenters. The molecule has 0 fully saturated rings. The minimum absolute atomic E-state index is 0.103. The van der Waals surface area contributed by atoms with E-state index in [0.717, 1.165) is 64.6 Å². The van der Waals surface area contributed by atoms with E-state index in [1.54, 1.807) is 11.3 Å². The molecule has 0 atom stereocenters. The standard InChI is InChI=1S/C34H34N2O5S/c1-2-38-29-18-23(14-16-27(29)39-21-24-15-17-28-30(19-24)41-22-40-28)20-35-34-32(33(37)36-25-10-6-5-7-11-25)26-12-8-3-4-9-13-31(26)42-34/h5-7,10-11,14-20H,2-4,8-9,12-13,21-22H2,1H3,(H,36,37). The van der Waals surface area contributed by atoms with Crippen LogP contribution in [0.1, 0.15) is 64.5 Å². The van der Waals surface area contributed by atoms with Crippen molar-refractivity contribution in [2.75, 3.05) is 18.7 Å². The Balaban J connectivity index is 1.24. The van der Waals surface area contributed by atoms with Crippen LogP contribution in [0.3, 0.4) is 0 Å². The molecular weight excluding hydrogens is 548 g/mol. The van der Waals surface area contributed by atoms with Crippen LogP contribution in [0.4, 0.5) is 10.7 Å². The second kappa shape index (κ2) is 13.1. The molecule has 8 heteroatoms. The summed E-state index contributed by atoms with van der Waals surface area (Å²) in [6.45, 7) is 3.05. The molecule has 4 aromatic rings. The van der Waals surface area contributed by atoms with E-state index >= 15 is 0 Å². The number of thiophene rings is 1. The number of carbonyl (C=O) groups excluding carboxylic acids is 1. The molecule has 0 bridgehead atoms. The lowest BCUT2D eigenvalue weighted by Crippen LogP contribution is -2.14. The van der Waals surface area contributed by atoms with Gasteiger partial charge in [-0.2, -0.15) is 0 Å². The van der Waals surface area contributed by atoms with E-state index in [-0.39, 0.29) is 12.7 Å². The summed E-state index contributed by atoms with van der Waals surface area (Å²) in [6.07, 6.45) is 8.35.